The second-order valence-electron chi connectivity index (χ2n) is 3.52. The minimum atomic E-state index is -1.19. The maximum atomic E-state index is 13.5. The van der Waals surface area contributed by atoms with Crippen molar-refractivity contribution in [3.05, 3.63) is 29.0 Å². The predicted octanol–water partition coefficient (Wildman–Crippen LogP) is 1.66. The molecule has 4 nitrogen and oxygen atoms in total. The molecule has 6 heteroatoms. The van der Waals surface area contributed by atoms with E-state index in [1.165, 1.54) is 19.2 Å². The van der Waals surface area contributed by atoms with Gasteiger partial charge in [-0.3, -0.25) is 0 Å². The number of likely N-dealkylation sites (N-methyl/N-ethyl adjacent to an activating group) is 1. The fourth-order valence-electron chi connectivity index (χ4n) is 1.36. The fourth-order valence-corrected chi connectivity index (χ4v) is 1.51. The van der Waals surface area contributed by atoms with Gasteiger partial charge in [0.25, 0.3) is 0 Å². The van der Waals surface area contributed by atoms with Gasteiger partial charge in [-0.2, -0.15) is 0 Å². The molecule has 1 N–H and O–H groups in total. The standard InChI is InChI=1S/C10H9ClFNO3/c1-13(6-14,5-10(15)16)9-3-2-7(11)4-8(9)12/h2-4,6H,5H2,1H3/p+1. The molecule has 0 aliphatic carbocycles. The highest BCUT2D eigenvalue weighted by atomic mass is 35.5. The zero-order valence-electron chi connectivity index (χ0n) is 8.48. The maximum Gasteiger partial charge on any atom is 0.360 e. The lowest BCUT2D eigenvalue weighted by atomic mass is 10.2. The number of benzene rings is 1. The number of carbonyl (C=O) groups is 2. The van der Waals surface area contributed by atoms with Gasteiger partial charge in [-0.15, -0.1) is 0 Å². The van der Waals surface area contributed by atoms with Gasteiger partial charge in [0, 0.05) is 11.1 Å². The fraction of sp³-hybridized carbons (Fsp3) is 0.200. The highest BCUT2D eigenvalue weighted by Crippen LogP contribution is 2.25. The molecular formula is C10H10ClFNO3+. The molecule has 0 fully saturated rings. The number of hydrogen-bond acceptors (Lipinski definition) is 2. The molecule has 0 aromatic heterocycles. The van der Waals surface area contributed by atoms with Crippen molar-refractivity contribution in [1.29, 1.82) is 0 Å². The number of aliphatic carboxylic acids is 1. The van der Waals surface area contributed by atoms with Crippen LogP contribution in [0.4, 0.5) is 10.1 Å². The maximum absolute atomic E-state index is 13.5. The second-order valence-corrected chi connectivity index (χ2v) is 3.96. The molecule has 0 aliphatic rings. The van der Waals surface area contributed by atoms with Gasteiger partial charge in [0.2, 0.25) is 0 Å². The van der Waals surface area contributed by atoms with E-state index < -0.39 is 22.8 Å². The molecule has 0 spiro atoms. The van der Waals surface area contributed by atoms with Crippen LogP contribution in [0.15, 0.2) is 18.2 Å². The van der Waals surface area contributed by atoms with Crippen LogP contribution in [-0.4, -0.2) is 31.1 Å². The number of hydrogen-bond donors (Lipinski definition) is 1. The van der Waals surface area contributed by atoms with Crippen molar-refractivity contribution < 1.29 is 19.1 Å². The lowest BCUT2D eigenvalue weighted by molar-refractivity contribution is -0.139. The number of carbonyl (C=O) groups excluding carboxylic acids is 1. The van der Waals surface area contributed by atoms with Gasteiger partial charge in [0.05, 0.1) is 7.05 Å². The molecule has 1 rings (SSSR count). The van der Waals surface area contributed by atoms with Crippen LogP contribution in [0.5, 0.6) is 0 Å². The van der Waals surface area contributed by atoms with E-state index in [2.05, 4.69) is 0 Å². The molecule has 1 unspecified atom stereocenters. The van der Waals surface area contributed by atoms with E-state index in [0.717, 1.165) is 6.07 Å². The number of quaternary nitrogens is 1. The first kappa shape index (κ1) is 12.6. The second kappa shape index (κ2) is 4.59. The zero-order valence-corrected chi connectivity index (χ0v) is 9.24. The monoisotopic (exact) mass is 246 g/mol. The Kier molecular flexibility index (Phi) is 3.62. The summed E-state index contributed by atoms with van der Waals surface area (Å²) in [6.45, 7) is -0.526. The molecule has 0 heterocycles. The predicted molar refractivity (Wildman–Crippen MR) is 57.7 cm³/mol. The number of amides is 1. The van der Waals surface area contributed by atoms with Crippen molar-refractivity contribution in [2.75, 3.05) is 13.6 Å². The third-order valence-corrected chi connectivity index (χ3v) is 2.39. The molecule has 0 saturated carbocycles. The molecule has 0 radical (unpaired) electrons. The summed E-state index contributed by atoms with van der Waals surface area (Å²) in [6, 6.07) is 3.75. The van der Waals surface area contributed by atoms with Crippen LogP contribution in [0.3, 0.4) is 0 Å². The highest BCUT2D eigenvalue weighted by molar-refractivity contribution is 6.30. The minimum Gasteiger partial charge on any atom is -0.477 e. The third-order valence-electron chi connectivity index (χ3n) is 2.16. The minimum absolute atomic E-state index is 0.0261. The number of carboxylic acid groups (broad SMARTS) is 1. The Labute approximate surface area is 96.4 Å². The Morgan fingerprint density at radius 1 is 1.62 bits per heavy atom. The average molecular weight is 247 g/mol. The van der Waals surface area contributed by atoms with Crippen molar-refractivity contribution in [2.45, 2.75) is 0 Å². The van der Waals surface area contributed by atoms with Crippen LogP contribution in [0.2, 0.25) is 5.02 Å². The Morgan fingerprint density at radius 2 is 2.25 bits per heavy atom. The first-order chi connectivity index (χ1) is 7.39. The quantitative estimate of drug-likeness (QED) is 0.649. The van der Waals surface area contributed by atoms with Gasteiger partial charge in [0.1, 0.15) is 0 Å². The van der Waals surface area contributed by atoms with E-state index >= 15 is 0 Å². The van der Waals surface area contributed by atoms with Crippen molar-refractivity contribution in [2.24, 2.45) is 0 Å². The Hall–Kier alpha value is -1.46. The van der Waals surface area contributed by atoms with Gasteiger partial charge < -0.3 is 5.11 Å². The van der Waals surface area contributed by atoms with Crippen LogP contribution in [0.1, 0.15) is 0 Å². The first-order valence-corrected chi connectivity index (χ1v) is 4.76. The van der Waals surface area contributed by atoms with Crippen LogP contribution in [0.25, 0.3) is 0 Å². The van der Waals surface area contributed by atoms with Crippen molar-refractivity contribution >= 4 is 29.7 Å². The Morgan fingerprint density at radius 3 is 2.69 bits per heavy atom. The normalized spacial score (nSPS) is 14.2. The number of halogens is 2. The highest BCUT2D eigenvalue weighted by Gasteiger charge is 2.31. The molecule has 16 heavy (non-hydrogen) atoms. The lowest BCUT2D eigenvalue weighted by Crippen LogP contribution is -2.48. The smallest absolute Gasteiger partial charge is 0.360 e. The van der Waals surface area contributed by atoms with E-state index in [4.69, 9.17) is 16.7 Å². The summed E-state index contributed by atoms with van der Waals surface area (Å²) >= 11 is 5.56. The van der Waals surface area contributed by atoms with Gasteiger partial charge in [-0.05, 0) is 12.1 Å². The first-order valence-electron chi connectivity index (χ1n) is 4.38. The number of rotatable bonds is 4. The van der Waals surface area contributed by atoms with Crippen molar-refractivity contribution in [3.63, 3.8) is 0 Å². The summed E-state index contributed by atoms with van der Waals surface area (Å²) < 4.78 is 12.9. The third kappa shape index (κ3) is 2.56. The van der Waals surface area contributed by atoms with Gasteiger partial charge in [-0.25, -0.2) is 18.5 Å². The van der Waals surface area contributed by atoms with E-state index in [0.29, 0.717) is 6.41 Å². The topological polar surface area (TPSA) is 54.4 Å². The van der Waals surface area contributed by atoms with Crippen LogP contribution < -0.4 is 4.48 Å². The summed E-state index contributed by atoms with van der Waals surface area (Å²) in [6.07, 6.45) is 0.375. The molecule has 1 aromatic carbocycles. The molecule has 0 saturated heterocycles. The summed E-state index contributed by atoms with van der Waals surface area (Å²) in [7, 11) is 1.31. The van der Waals surface area contributed by atoms with Crippen LogP contribution in [-0.2, 0) is 9.59 Å². The van der Waals surface area contributed by atoms with Crippen molar-refractivity contribution in [1.82, 2.24) is 4.48 Å². The van der Waals surface area contributed by atoms with Crippen LogP contribution >= 0.6 is 11.6 Å². The molecular weight excluding hydrogens is 237 g/mol. The number of carboxylic acids is 1. The van der Waals surface area contributed by atoms with E-state index in [1.807, 2.05) is 0 Å². The number of nitrogens with zero attached hydrogens (tertiary/aromatic N) is 1. The van der Waals surface area contributed by atoms with Gasteiger partial charge >= 0.3 is 12.4 Å². The molecule has 0 aliphatic heterocycles. The SMILES string of the molecule is C[N+](C=O)(CC(=O)O)c1ccc(Cl)cc1F. The molecule has 1 aromatic rings. The lowest BCUT2D eigenvalue weighted by Gasteiger charge is -2.24. The van der Waals surface area contributed by atoms with E-state index in [1.54, 1.807) is 0 Å². The average Bonchev–Trinajstić information content (AvgIpc) is 2.16. The molecule has 1 atom stereocenters. The summed E-state index contributed by atoms with van der Waals surface area (Å²) in [5.74, 6) is -1.90. The van der Waals surface area contributed by atoms with Crippen molar-refractivity contribution in [3.8, 4) is 0 Å². The van der Waals surface area contributed by atoms with Gasteiger partial charge in [0.15, 0.2) is 18.0 Å². The van der Waals surface area contributed by atoms with Gasteiger partial charge in [-0.1, -0.05) is 11.6 Å². The largest absolute Gasteiger partial charge is 0.477 e. The molecule has 0 bridgehead atoms. The Balaban J connectivity index is 3.22. The summed E-state index contributed by atoms with van der Waals surface area (Å²) in [5, 5.41) is 8.85. The molecule has 1 amide bonds. The van der Waals surface area contributed by atoms with E-state index in [-0.39, 0.29) is 10.7 Å². The van der Waals surface area contributed by atoms with Crippen LogP contribution in [0, 0.1) is 5.82 Å². The summed E-state index contributed by atoms with van der Waals surface area (Å²) in [4.78, 5) is 21.5. The molecule has 86 valence electrons. The summed E-state index contributed by atoms with van der Waals surface area (Å²) in [5.41, 5.74) is -0.0261. The van der Waals surface area contributed by atoms with E-state index in [9.17, 15) is 14.0 Å². The zero-order chi connectivity index (χ0) is 12.3. The Bertz CT molecular complexity index is 438.